The van der Waals surface area contributed by atoms with Crippen molar-refractivity contribution in [1.82, 2.24) is 0 Å². The summed E-state index contributed by atoms with van der Waals surface area (Å²) in [5.41, 5.74) is 3.37. The van der Waals surface area contributed by atoms with Crippen LogP contribution in [0.4, 0.5) is 11.4 Å². The van der Waals surface area contributed by atoms with E-state index in [1.54, 1.807) is 6.92 Å². The number of amides is 1. The number of hydrogen-bond acceptors (Lipinski definition) is 4. The van der Waals surface area contributed by atoms with Gasteiger partial charge in [-0.2, -0.15) is 0 Å². The third kappa shape index (κ3) is 3.34. The predicted octanol–water partition coefficient (Wildman–Crippen LogP) is 2.90. The minimum absolute atomic E-state index is 0.0119. The van der Waals surface area contributed by atoms with E-state index in [9.17, 15) is 9.59 Å². The van der Waals surface area contributed by atoms with E-state index in [0.29, 0.717) is 13.0 Å². The number of anilines is 2. The zero-order chi connectivity index (χ0) is 16.2. The third-order valence-electron chi connectivity index (χ3n) is 3.70. The first-order valence-electron chi connectivity index (χ1n) is 7.58. The fraction of sp³-hybridized carbons (Fsp3) is 0.222. The highest BCUT2D eigenvalue weighted by Crippen LogP contribution is 2.28. The Morgan fingerprint density at radius 1 is 1.26 bits per heavy atom. The Bertz CT molecular complexity index is 728. The Morgan fingerprint density at radius 3 is 2.78 bits per heavy atom. The first-order valence-corrected chi connectivity index (χ1v) is 7.58. The number of rotatable bonds is 5. The molecule has 0 aliphatic carbocycles. The van der Waals surface area contributed by atoms with Crippen molar-refractivity contribution in [3.05, 3.63) is 59.7 Å². The maximum atomic E-state index is 12.3. The van der Waals surface area contributed by atoms with Gasteiger partial charge in [0.25, 0.3) is 0 Å². The molecule has 2 aromatic carbocycles. The second-order valence-electron chi connectivity index (χ2n) is 5.34. The fourth-order valence-electron chi connectivity index (χ4n) is 2.64. The minimum atomic E-state index is -0.584. The summed E-state index contributed by atoms with van der Waals surface area (Å²) in [5, 5.41) is 6.01. The molecule has 5 nitrogen and oxygen atoms in total. The Morgan fingerprint density at radius 2 is 2.04 bits per heavy atom. The molecule has 2 aromatic rings. The van der Waals surface area contributed by atoms with E-state index < -0.39 is 6.04 Å². The third-order valence-corrected chi connectivity index (χ3v) is 3.70. The van der Waals surface area contributed by atoms with E-state index in [2.05, 4.69) is 10.6 Å². The number of nitrogens with one attached hydrogen (secondary N) is 2. The Hall–Kier alpha value is -2.82. The SMILES string of the molecule is CCOC(=O)C(Nc1ccc2c(c1)CC(=O)N2)c1ccccc1. The first-order chi connectivity index (χ1) is 11.2. The summed E-state index contributed by atoms with van der Waals surface area (Å²) in [6.07, 6.45) is 0.361. The number of esters is 1. The Balaban J connectivity index is 1.86. The first kappa shape index (κ1) is 15.1. The molecule has 1 atom stereocenters. The summed E-state index contributed by atoms with van der Waals surface area (Å²) in [5.74, 6) is -0.337. The van der Waals surface area contributed by atoms with Crippen LogP contribution in [0, 0.1) is 0 Å². The van der Waals surface area contributed by atoms with Crippen molar-refractivity contribution in [3.63, 3.8) is 0 Å². The van der Waals surface area contributed by atoms with Crippen LogP contribution in [0.2, 0.25) is 0 Å². The van der Waals surface area contributed by atoms with Crippen LogP contribution in [0.15, 0.2) is 48.5 Å². The molecule has 1 amide bonds. The summed E-state index contributed by atoms with van der Waals surface area (Å²) in [4.78, 5) is 23.7. The highest BCUT2D eigenvalue weighted by Gasteiger charge is 2.23. The van der Waals surface area contributed by atoms with E-state index in [1.165, 1.54) is 0 Å². The maximum absolute atomic E-state index is 12.3. The number of benzene rings is 2. The van der Waals surface area contributed by atoms with Gasteiger partial charge < -0.3 is 15.4 Å². The summed E-state index contributed by atoms with van der Waals surface area (Å²) in [6, 6.07) is 14.4. The van der Waals surface area contributed by atoms with Crippen LogP contribution in [0.3, 0.4) is 0 Å². The van der Waals surface area contributed by atoms with Gasteiger partial charge >= 0.3 is 5.97 Å². The second kappa shape index (κ2) is 6.52. The van der Waals surface area contributed by atoms with Gasteiger partial charge in [0.2, 0.25) is 5.91 Å². The molecule has 118 valence electrons. The largest absolute Gasteiger partial charge is 0.464 e. The lowest BCUT2D eigenvalue weighted by molar-refractivity contribution is -0.144. The lowest BCUT2D eigenvalue weighted by Gasteiger charge is -2.19. The van der Waals surface area contributed by atoms with E-state index in [1.807, 2.05) is 48.5 Å². The molecule has 1 unspecified atom stereocenters. The molecule has 3 rings (SSSR count). The molecule has 0 fully saturated rings. The fourth-order valence-corrected chi connectivity index (χ4v) is 2.64. The van der Waals surface area contributed by atoms with Gasteiger partial charge in [0.15, 0.2) is 6.04 Å². The number of carbonyl (C=O) groups is 2. The van der Waals surface area contributed by atoms with Crippen molar-refractivity contribution in [2.75, 3.05) is 17.2 Å². The van der Waals surface area contributed by atoms with Crippen molar-refractivity contribution in [3.8, 4) is 0 Å². The smallest absolute Gasteiger partial charge is 0.333 e. The van der Waals surface area contributed by atoms with Gasteiger partial charge in [-0.3, -0.25) is 4.79 Å². The molecular formula is C18H18N2O3. The van der Waals surface area contributed by atoms with E-state index in [0.717, 1.165) is 22.5 Å². The van der Waals surface area contributed by atoms with Gasteiger partial charge in [0.05, 0.1) is 13.0 Å². The Kier molecular flexibility index (Phi) is 4.28. The number of ether oxygens (including phenoxy) is 1. The monoisotopic (exact) mass is 310 g/mol. The zero-order valence-corrected chi connectivity index (χ0v) is 12.8. The minimum Gasteiger partial charge on any atom is -0.464 e. The van der Waals surface area contributed by atoms with Gasteiger partial charge in [-0.1, -0.05) is 30.3 Å². The molecular weight excluding hydrogens is 292 g/mol. The molecule has 1 aliphatic rings. The molecule has 0 saturated heterocycles. The lowest BCUT2D eigenvalue weighted by Crippen LogP contribution is -2.23. The number of hydrogen-bond donors (Lipinski definition) is 2. The topological polar surface area (TPSA) is 67.4 Å². The molecule has 5 heteroatoms. The van der Waals surface area contributed by atoms with Gasteiger partial charge in [0, 0.05) is 11.4 Å². The molecule has 0 spiro atoms. The van der Waals surface area contributed by atoms with Crippen LogP contribution >= 0.6 is 0 Å². The molecule has 0 aromatic heterocycles. The summed E-state index contributed by atoms with van der Waals surface area (Å²) >= 11 is 0. The average molecular weight is 310 g/mol. The number of fused-ring (bicyclic) bond motifs is 1. The molecule has 1 aliphatic heterocycles. The summed E-state index contributed by atoms with van der Waals surface area (Å²) < 4.78 is 5.17. The number of carbonyl (C=O) groups excluding carboxylic acids is 2. The molecule has 0 saturated carbocycles. The normalized spacial score (nSPS) is 13.9. The van der Waals surface area contributed by atoms with Crippen LogP contribution in [0.25, 0.3) is 0 Å². The van der Waals surface area contributed by atoms with Gasteiger partial charge in [-0.15, -0.1) is 0 Å². The van der Waals surface area contributed by atoms with Crippen LogP contribution in [0.1, 0.15) is 24.1 Å². The van der Waals surface area contributed by atoms with Crippen molar-refractivity contribution in [2.24, 2.45) is 0 Å². The predicted molar refractivity (Wildman–Crippen MR) is 88.2 cm³/mol. The van der Waals surface area contributed by atoms with Gasteiger partial charge in [-0.25, -0.2) is 4.79 Å². The maximum Gasteiger partial charge on any atom is 0.333 e. The highest BCUT2D eigenvalue weighted by molar-refractivity contribution is 5.99. The van der Waals surface area contributed by atoms with Crippen LogP contribution in [-0.2, 0) is 20.7 Å². The van der Waals surface area contributed by atoms with Gasteiger partial charge in [0.1, 0.15) is 0 Å². The molecule has 0 radical (unpaired) electrons. The standard InChI is InChI=1S/C18H18N2O3/c1-2-23-18(22)17(12-6-4-3-5-7-12)19-14-8-9-15-13(10-14)11-16(21)20-15/h3-10,17,19H,2,11H2,1H3,(H,20,21). The van der Waals surface area contributed by atoms with E-state index >= 15 is 0 Å². The van der Waals surface area contributed by atoms with Crippen molar-refractivity contribution in [2.45, 2.75) is 19.4 Å². The zero-order valence-electron chi connectivity index (χ0n) is 12.8. The summed E-state index contributed by atoms with van der Waals surface area (Å²) in [7, 11) is 0. The van der Waals surface area contributed by atoms with Crippen molar-refractivity contribution < 1.29 is 14.3 Å². The quantitative estimate of drug-likeness (QED) is 0.833. The van der Waals surface area contributed by atoms with Crippen LogP contribution < -0.4 is 10.6 Å². The van der Waals surface area contributed by atoms with E-state index in [4.69, 9.17) is 4.74 Å². The van der Waals surface area contributed by atoms with Gasteiger partial charge in [-0.05, 0) is 36.2 Å². The molecule has 1 heterocycles. The molecule has 2 N–H and O–H groups in total. The molecule has 0 bridgehead atoms. The van der Waals surface area contributed by atoms with Crippen molar-refractivity contribution >= 4 is 23.3 Å². The van der Waals surface area contributed by atoms with Crippen LogP contribution in [-0.4, -0.2) is 18.5 Å². The lowest BCUT2D eigenvalue weighted by atomic mass is 10.1. The molecule has 23 heavy (non-hydrogen) atoms. The Labute approximate surface area is 134 Å². The summed E-state index contributed by atoms with van der Waals surface area (Å²) in [6.45, 7) is 2.11. The van der Waals surface area contributed by atoms with E-state index in [-0.39, 0.29) is 11.9 Å². The second-order valence-corrected chi connectivity index (χ2v) is 5.34. The highest BCUT2D eigenvalue weighted by atomic mass is 16.5. The van der Waals surface area contributed by atoms with Crippen molar-refractivity contribution in [1.29, 1.82) is 0 Å². The van der Waals surface area contributed by atoms with Crippen LogP contribution in [0.5, 0.6) is 0 Å². The average Bonchev–Trinajstić information content (AvgIpc) is 2.93.